The van der Waals surface area contributed by atoms with Crippen molar-refractivity contribution in [2.45, 2.75) is 0 Å². The SMILES string of the molecule is COc1cc(-n2nncc2-c2ccnnc2)cc(OC)c1OC. The molecule has 0 aliphatic rings. The van der Waals surface area contributed by atoms with Gasteiger partial charge in [0.1, 0.15) is 0 Å². The highest BCUT2D eigenvalue weighted by Crippen LogP contribution is 2.39. The lowest BCUT2D eigenvalue weighted by atomic mass is 10.2. The highest BCUT2D eigenvalue weighted by molar-refractivity contribution is 5.63. The summed E-state index contributed by atoms with van der Waals surface area (Å²) in [5.41, 5.74) is 2.34. The first-order valence-electron chi connectivity index (χ1n) is 6.76. The Morgan fingerprint density at radius 3 is 2.17 bits per heavy atom. The Kier molecular flexibility index (Phi) is 4.05. The quantitative estimate of drug-likeness (QED) is 0.709. The number of aromatic nitrogens is 5. The first-order chi connectivity index (χ1) is 11.3. The summed E-state index contributed by atoms with van der Waals surface area (Å²) in [6.45, 7) is 0. The zero-order valence-electron chi connectivity index (χ0n) is 12.9. The van der Waals surface area contributed by atoms with Gasteiger partial charge < -0.3 is 14.2 Å². The summed E-state index contributed by atoms with van der Waals surface area (Å²) in [4.78, 5) is 0. The van der Waals surface area contributed by atoms with Crippen LogP contribution in [-0.2, 0) is 0 Å². The average molecular weight is 313 g/mol. The van der Waals surface area contributed by atoms with Crippen LogP contribution in [0.3, 0.4) is 0 Å². The van der Waals surface area contributed by atoms with Gasteiger partial charge in [-0.15, -0.1) is 5.10 Å². The molecule has 2 aromatic heterocycles. The van der Waals surface area contributed by atoms with E-state index >= 15 is 0 Å². The molecule has 0 saturated carbocycles. The van der Waals surface area contributed by atoms with Crippen molar-refractivity contribution in [3.8, 4) is 34.2 Å². The molecule has 3 rings (SSSR count). The molecule has 0 spiro atoms. The maximum Gasteiger partial charge on any atom is 0.203 e. The third-order valence-corrected chi connectivity index (χ3v) is 3.32. The summed E-state index contributed by atoms with van der Waals surface area (Å²) >= 11 is 0. The molecule has 8 heteroatoms. The number of hydrogen-bond donors (Lipinski definition) is 0. The smallest absolute Gasteiger partial charge is 0.203 e. The minimum absolute atomic E-state index is 0.519. The molecule has 118 valence electrons. The summed E-state index contributed by atoms with van der Waals surface area (Å²) in [6.07, 6.45) is 4.91. The Hall–Kier alpha value is -3.16. The van der Waals surface area contributed by atoms with Crippen molar-refractivity contribution < 1.29 is 14.2 Å². The van der Waals surface area contributed by atoms with Crippen LogP contribution in [-0.4, -0.2) is 46.5 Å². The molecule has 0 amide bonds. The van der Waals surface area contributed by atoms with Crippen LogP contribution in [0.2, 0.25) is 0 Å². The normalized spacial score (nSPS) is 10.4. The summed E-state index contributed by atoms with van der Waals surface area (Å²) in [5, 5.41) is 15.8. The lowest BCUT2D eigenvalue weighted by molar-refractivity contribution is 0.324. The summed E-state index contributed by atoms with van der Waals surface area (Å²) in [7, 11) is 4.69. The second-order valence-corrected chi connectivity index (χ2v) is 4.55. The van der Waals surface area contributed by atoms with Crippen molar-refractivity contribution in [3.63, 3.8) is 0 Å². The van der Waals surface area contributed by atoms with Gasteiger partial charge in [0.2, 0.25) is 5.75 Å². The third-order valence-electron chi connectivity index (χ3n) is 3.32. The molecule has 0 radical (unpaired) electrons. The molecule has 0 N–H and O–H groups in total. The van der Waals surface area contributed by atoms with Gasteiger partial charge in [-0.05, 0) is 6.07 Å². The number of ether oxygens (including phenoxy) is 3. The van der Waals surface area contributed by atoms with Crippen molar-refractivity contribution in [2.75, 3.05) is 21.3 Å². The van der Waals surface area contributed by atoms with Crippen LogP contribution in [0.25, 0.3) is 16.9 Å². The molecule has 0 bridgehead atoms. The number of hydrogen-bond acceptors (Lipinski definition) is 7. The topological polar surface area (TPSA) is 84.2 Å². The zero-order chi connectivity index (χ0) is 16.2. The fraction of sp³-hybridized carbons (Fsp3) is 0.200. The maximum absolute atomic E-state index is 5.37. The van der Waals surface area contributed by atoms with E-state index < -0.39 is 0 Å². The number of benzene rings is 1. The van der Waals surface area contributed by atoms with Gasteiger partial charge in [-0.1, -0.05) is 5.21 Å². The highest BCUT2D eigenvalue weighted by atomic mass is 16.5. The van der Waals surface area contributed by atoms with Gasteiger partial charge in [0.15, 0.2) is 11.5 Å². The van der Waals surface area contributed by atoms with Crippen LogP contribution < -0.4 is 14.2 Å². The second-order valence-electron chi connectivity index (χ2n) is 4.55. The second kappa shape index (κ2) is 6.30. The van der Waals surface area contributed by atoms with E-state index in [0.717, 1.165) is 16.9 Å². The molecule has 0 aliphatic carbocycles. The van der Waals surface area contributed by atoms with E-state index in [1.807, 2.05) is 6.07 Å². The van der Waals surface area contributed by atoms with Crippen molar-refractivity contribution in [3.05, 3.63) is 36.8 Å². The molecule has 8 nitrogen and oxygen atoms in total. The van der Waals surface area contributed by atoms with Crippen molar-refractivity contribution in [2.24, 2.45) is 0 Å². The molecule has 3 aromatic rings. The van der Waals surface area contributed by atoms with Gasteiger partial charge in [0.25, 0.3) is 0 Å². The van der Waals surface area contributed by atoms with Crippen molar-refractivity contribution >= 4 is 0 Å². The number of methoxy groups -OCH3 is 3. The summed E-state index contributed by atoms with van der Waals surface area (Å²) < 4.78 is 17.7. The predicted molar refractivity (Wildman–Crippen MR) is 82.0 cm³/mol. The largest absolute Gasteiger partial charge is 0.493 e. The summed E-state index contributed by atoms with van der Waals surface area (Å²) in [6, 6.07) is 5.43. The standard InChI is InChI=1S/C15H15N5O3/c1-21-13-6-11(7-14(22-2)15(13)23-3)20-12(9-18-19-20)10-4-5-16-17-8-10/h4-9H,1-3H3. The molecule has 2 heterocycles. The van der Waals surface area contributed by atoms with Crippen molar-refractivity contribution in [1.29, 1.82) is 0 Å². The molecular weight excluding hydrogens is 298 g/mol. The Balaban J connectivity index is 2.15. The fourth-order valence-corrected chi connectivity index (χ4v) is 2.25. The average Bonchev–Trinajstić information content (AvgIpc) is 3.10. The summed E-state index contributed by atoms with van der Waals surface area (Å²) in [5.74, 6) is 1.60. The lowest BCUT2D eigenvalue weighted by Crippen LogP contribution is -2.03. The number of rotatable bonds is 5. The van der Waals surface area contributed by atoms with Gasteiger partial charge in [-0.2, -0.15) is 10.2 Å². The minimum atomic E-state index is 0.519. The molecule has 0 fully saturated rings. The van der Waals surface area contributed by atoms with E-state index in [1.54, 1.807) is 56.7 Å². The van der Waals surface area contributed by atoms with Gasteiger partial charge in [0.05, 0.1) is 51.3 Å². The van der Waals surface area contributed by atoms with E-state index in [-0.39, 0.29) is 0 Å². The van der Waals surface area contributed by atoms with Crippen LogP contribution in [0.5, 0.6) is 17.2 Å². The Bertz CT molecular complexity index is 779. The lowest BCUT2D eigenvalue weighted by Gasteiger charge is -2.14. The molecular formula is C15H15N5O3. The van der Waals surface area contributed by atoms with E-state index in [9.17, 15) is 0 Å². The highest BCUT2D eigenvalue weighted by Gasteiger charge is 2.17. The predicted octanol–water partition coefficient (Wildman–Crippen LogP) is 1.75. The maximum atomic E-state index is 5.37. The number of nitrogens with zero attached hydrogens (tertiary/aromatic N) is 5. The molecule has 1 aromatic carbocycles. The van der Waals surface area contributed by atoms with Crippen molar-refractivity contribution in [1.82, 2.24) is 25.2 Å². The third kappa shape index (κ3) is 2.66. The van der Waals surface area contributed by atoms with Crippen LogP contribution >= 0.6 is 0 Å². The van der Waals surface area contributed by atoms with Crippen LogP contribution in [0.15, 0.2) is 36.8 Å². The molecule has 0 saturated heterocycles. The Labute approximate surface area is 132 Å². The molecule has 23 heavy (non-hydrogen) atoms. The van der Waals surface area contributed by atoms with E-state index in [2.05, 4.69) is 20.5 Å². The molecule has 0 unspecified atom stereocenters. The van der Waals surface area contributed by atoms with Gasteiger partial charge in [-0.25, -0.2) is 4.68 Å². The fourth-order valence-electron chi connectivity index (χ4n) is 2.25. The van der Waals surface area contributed by atoms with Crippen LogP contribution in [0, 0.1) is 0 Å². The van der Waals surface area contributed by atoms with E-state index in [4.69, 9.17) is 14.2 Å². The van der Waals surface area contributed by atoms with Crippen LogP contribution in [0.4, 0.5) is 0 Å². The first-order valence-corrected chi connectivity index (χ1v) is 6.76. The molecule has 0 aliphatic heterocycles. The Morgan fingerprint density at radius 2 is 1.61 bits per heavy atom. The zero-order valence-corrected chi connectivity index (χ0v) is 12.9. The Morgan fingerprint density at radius 1 is 0.870 bits per heavy atom. The van der Waals surface area contributed by atoms with E-state index in [0.29, 0.717) is 17.2 Å². The van der Waals surface area contributed by atoms with Gasteiger partial charge in [-0.3, -0.25) is 0 Å². The molecule has 0 atom stereocenters. The minimum Gasteiger partial charge on any atom is -0.493 e. The van der Waals surface area contributed by atoms with E-state index in [1.165, 1.54) is 0 Å². The van der Waals surface area contributed by atoms with Gasteiger partial charge in [0, 0.05) is 17.7 Å². The first kappa shape index (κ1) is 14.8. The van der Waals surface area contributed by atoms with Gasteiger partial charge >= 0.3 is 0 Å². The monoisotopic (exact) mass is 313 g/mol. The van der Waals surface area contributed by atoms with Crippen LogP contribution in [0.1, 0.15) is 0 Å².